The maximum absolute atomic E-state index is 5.94. The molecule has 0 bridgehead atoms. The third-order valence-electron chi connectivity index (χ3n) is 3.11. The van der Waals surface area contributed by atoms with Gasteiger partial charge in [0.2, 0.25) is 0 Å². The second-order valence-corrected chi connectivity index (χ2v) is 4.62. The summed E-state index contributed by atoms with van der Waals surface area (Å²) in [6.45, 7) is 1.21. The largest absolute Gasteiger partial charge is 0.397 e. The summed E-state index contributed by atoms with van der Waals surface area (Å²) in [5.74, 6) is -0.271. The highest BCUT2D eigenvalue weighted by Gasteiger charge is 2.52. The van der Waals surface area contributed by atoms with Gasteiger partial charge in [0, 0.05) is 11.5 Å². The lowest BCUT2D eigenvalue weighted by molar-refractivity contribution is -0.181. The molecule has 4 nitrogen and oxygen atoms in total. The normalized spacial score (nSPS) is 23.6. The van der Waals surface area contributed by atoms with Crippen molar-refractivity contribution >= 4 is 17.3 Å². The molecule has 2 N–H and O–H groups in total. The molecule has 1 aliphatic carbocycles. The van der Waals surface area contributed by atoms with E-state index in [1.165, 1.54) is 0 Å². The molecule has 1 aliphatic heterocycles. The molecule has 0 spiro atoms. The number of nitrogens with two attached hydrogens (primary N) is 1. The Morgan fingerprint density at radius 2 is 2.06 bits per heavy atom. The Hall–Kier alpha value is -0.840. The number of nitrogen functional groups attached to an aromatic ring is 1. The van der Waals surface area contributed by atoms with Crippen molar-refractivity contribution in [2.24, 2.45) is 5.92 Å². The smallest absolute Gasteiger partial charge is 0.200 e. The van der Waals surface area contributed by atoms with Gasteiger partial charge in [0.25, 0.3) is 0 Å². The third-order valence-corrected chi connectivity index (χ3v) is 3.31. The van der Waals surface area contributed by atoms with Crippen molar-refractivity contribution in [2.75, 3.05) is 18.9 Å². The van der Waals surface area contributed by atoms with Crippen LogP contribution in [0.15, 0.2) is 12.3 Å². The maximum atomic E-state index is 5.94. The summed E-state index contributed by atoms with van der Waals surface area (Å²) in [6, 6.07) is 1.75. The van der Waals surface area contributed by atoms with Crippen molar-refractivity contribution in [3.8, 4) is 0 Å². The molecule has 2 aliphatic rings. The van der Waals surface area contributed by atoms with Crippen molar-refractivity contribution in [1.82, 2.24) is 4.98 Å². The van der Waals surface area contributed by atoms with Gasteiger partial charge >= 0.3 is 0 Å². The third kappa shape index (κ3) is 1.49. The van der Waals surface area contributed by atoms with Crippen LogP contribution in [0.2, 0.25) is 5.15 Å². The molecular weight excluding hydrogens is 228 g/mol. The van der Waals surface area contributed by atoms with Crippen molar-refractivity contribution in [3.05, 3.63) is 23.0 Å². The van der Waals surface area contributed by atoms with Crippen molar-refractivity contribution < 1.29 is 9.47 Å². The minimum atomic E-state index is -0.670. The van der Waals surface area contributed by atoms with Crippen LogP contribution in [0.5, 0.6) is 0 Å². The lowest BCUT2D eigenvalue weighted by Crippen LogP contribution is -2.31. The molecule has 1 saturated carbocycles. The van der Waals surface area contributed by atoms with Gasteiger partial charge < -0.3 is 15.2 Å². The van der Waals surface area contributed by atoms with Crippen LogP contribution in [0.4, 0.5) is 5.69 Å². The Kier molecular flexibility index (Phi) is 2.31. The predicted molar refractivity (Wildman–Crippen MR) is 60.0 cm³/mol. The molecule has 0 atom stereocenters. The van der Waals surface area contributed by atoms with E-state index in [9.17, 15) is 0 Å². The number of halogens is 1. The number of aromatic nitrogens is 1. The lowest BCUT2D eigenvalue weighted by Gasteiger charge is -2.28. The van der Waals surface area contributed by atoms with Gasteiger partial charge in [-0.2, -0.15) is 0 Å². The van der Waals surface area contributed by atoms with Gasteiger partial charge in [-0.3, -0.25) is 0 Å². The molecule has 86 valence electrons. The van der Waals surface area contributed by atoms with Gasteiger partial charge in [0.15, 0.2) is 5.79 Å². The quantitative estimate of drug-likeness (QED) is 0.803. The second kappa shape index (κ2) is 3.58. The number of hydrogen-bond acceptors (Lipinski definition) is 4. The monoisotopic (exact) mass is 240 g/mol. The van der Waals surface area contributed by atoms with Crippen molar-refractivity contribution in [3.63, 3.8) is 0 Å². The molecule has 16 heavy (non-hydrogen) atoms. The van der Waals surface area contributed by atoms with Crippen LogP contribution < -0.4 is 5.73 Å². The molecule has 1 aromatic heterocycles. The Morgan fingerprint density at radius 3 is 2.69 bits per heavy atom. The Morgan fingerprint density at radius 1 is 1.38 bits per heavy atom. The summed E-state index contributed by atoms with van der Waals surface area (Å²) in [5.41, 5.74) is 7.35. The number of hydrogen-bond donors (Lipinski definition) is 1. The summed E-state index contributed by atoms with van der Waals surface area (Å²) in [7, 11) is 0. The number of nitrogens with zero attached hydrogens (tertiary/aromatic N) is 1. The molecule has 0 radical (unpaired) electrons. The number of anilines is 1. The minimum absolute atomic E-state index is 0.399. The molecule has 1 saturated heterocycles. The molecule has 0 unspecified atom stereocenters. The van der Waals surface area contributed by atoms with Gasteiger partial charge in [-0.05, 0) is 18.9 Å². The van der Waals surface area contributed by atoms with E-state index in [-0.39, 0.29) is 0 Å². The lowest BCUT2D eigenvalue weighted by atomic mass is 10.0. The molecule has 3 rings (SSSR count). The second-order valence-electron chi connectivity index (χ2n) is 4.23. The Bertz CT molecular complexity index is 414. The molecule has 0 aromatic carbocycles. The zero-order valence-corrected chi connectivity index (χ0v) is 9.54. The van der Waals surface area contributed by atoms with Crippen LogP contribution in [-0.4, -0.2) is 18.2 Å². The van der Waals surface area contributed by atoms with E-state index < -0.39 is 5.79 Å². The standard InChI is InChI=1S/C11H13ClN2O2/c12-10-5-8(9(13)6-14-10)11(7-1-2-7)15-3-4-16-11/h5-7H,1-4,13H2. The fourth-order valence-corrected chi connectivity index (χ4v) is 2.40. The number of pyridine rings is 1. The van der Waals surface area contributed by atoms with Gasteiger partial charge in [-0.15, -0.1) is 0 Å². The van der Waals surface area contributed by atoms with Crippen molar-refractivity contribution in [1.29, 1.82) is 0 Å². The van der Waals surface area contributed by atoms with Crippen LogP contribution in [0.25, 0.3) is 0 Å². The first-order valence-electron chi connectivity index (χ1n) is 5.42. The summed E-state index contributed by atoms with van der Waals surface area (Å²) < 4.78 is 11.6. The zero-order valence-electron chi connectivity index (χ0n) is 8.78. The maximum Gasteiger partial charge on any atom is 0.200 e. The molecule has 2 heterocycles. The first kappa shape index (κ1) is 10.3. The highest BCUT2D eigenvalue weighted by Crippen LogP contribution is 2.52. The van der Waals surface area contributed by atoms with Crippen LogP contribution >= 0.6 is 11.6 Å². The summed E-state index contributed by atoms with van der Waals surface area (Å²) >= 11 is 5.90. The summed E-state index contributed by atoms with van der Waals surface area (Å²) in [4.78, 5) is 3.95. The van der Waals surface area contributed by atoms with Crippen LogP contribution in [-0.2, 0) is 15.3 Å². The van der Waals surface area contributed by atoms with E-state index in [1.807, 2.05) is 0 Å². The van der Waals surface area contributed by atoms with Gasteiger partial charge in [-0.25, -0.2) is 4.98 Å². The van der Waals surface area contributed by atoms with Crippen LogP contribution in [0.1, 0.15) is 18.4 Å². The summed E-state index contributed by atoms with van der Waals surface area (Å²) in [6.07, 6.45) is 3.78. The first-order chi connectivity index (χ1) is 7.72. The molecule has 5 heteroatoms. The number of ether oxygens (including phenoxy) is 2. The fourth-order valence-electron chi connectivity index (χ4n) is 2.24. The minimum Gasteiger partial charge on any atom is -0.397 e. The predicted octanol–water partition coefficient (Wildman–Crippen LogP) is 1.93. The topological polar surface area (TPSA) is 57.4 Å². The van der Waals surface area contributed by atoms with Crippen LogP contribution in [0, 0.1) is 5.92 Å². The average Bonchev–Trinajstić information content (AvgIpc) is 3.02. The highest BCUT2D eigenvalue weighted by molar-refractivity contribution is 6.29. The van der Waals surface area contributed by atoms with Crippen molar-refractivity contribution in [2.45, 2.75) is 18.6 Å². The van der Waals surface area contributed by atoms with Crippen LogP contribution in [0.3, 0.4) is 0 Å². The number of rotatable bonds is 2. The highest BCUT2D eigenvalue weighted by atomic mass is 35.5. The fraction of sp³-hybridized carbons (Fsp3) is 0.545. The van der Waals surface area contributed by atoms with E-state index in [1.54, 1.807) is 12.3 Å². The van der Waals surface area contributed by atoms with Gasteiger partial charge in [-0.1, -0.05) is 11.6 Å². The van der Waals surface area contributed by atoms with E-state index in [0.29, 0.717) is 30.0 Å². The molecular formula is C11H13ClN2O2. The molecule has 0 amide bonds. The molecule has 2 fully saturated rings. The zero-order chi connectivity index (χ0) is 11.2. The van der Waals surface area contributed by atoms with Gasteiger partial charge in [0.1, 0.15) is 5.15 Å². The van der Waals surface area contributed by atoms with E-state index in [4.69, 9.17) is 26.8 Å². The Labute approximate surface area is 98.7 Å². The molecule has 1 aromatic rings. The van der Waals surface area contributed by atoms with E-state index >= 15 is 0 Å². The Balaban J connectivity index is 2.08. The SMILES string of the molecule is Nc1cnc(Cl)cc1C1(C2CC2)OCCO1. The van der Waals surface area contributed by atoms with E-state index in [2.05, 4.69) is 4.98 Å². The average molecular weight is 241 g/mol. The summed E-state index contributed by atoms with van der Waals surface area (Å²) in [5, 5.41) is 0.420. The van der Waals surface area contributed by atoms with E-state index in [0.717, 1.165) is 18.4 Å². The van der Waals surface area contributed by atoms with Gasteiger partial charge in [0.05, 0.1) is 25.1 Å². The first-order valence-corrected chi connectivity index (χ1v) is 5.79.